The quantitative estimate of drug-likeness (QED) is 0.777. The molecule has 0 spiro atoms. The van der Waals surface area contributed by atoms with E-state index in [1.165, 1.54) is 6.20 Å². The van der Waals surface area contributed by atoms with Crippen molar-refractivity contribution in [1.82, 2.24) is 25.1 Å². The Kier molecular flexibility index (Phi) is 4.24. The topological polar surface area (TPSA) is 72.7 Å². The molecular weight excluding hydrogens is 346 g/mol. The monoisotopic (exact) mass is 357 g/mol. The molecule has 0 atom stereocenters. The summed E-state index contributed by atoms with van der Waals surface area (Å²) in [5.74, 6) is 0.534. The first-order valence-electron chi connectivity index (χ1n) is 6.56. The Hall–Kier alpha value is -2.54. The zero-order chi connectivity index (χ0) is 15.4. The average Bonchev–Trinajstić information content (AvgIpc) is 3.07. The summed E-state index contributed by atoms with van der Waals surface area (Å²) in [4.78, 5) is 20.3. The molecule has 3 rings (SSSR count). The summed E-state index contributed by atoms with van der Waals surface area (Å²) in [6.07, 6.45) is 8.37. The van der Waals surface area contributed by atoms with Gasteiger partial charge in [-0.25, -0.2) is 9.67 Å². The number of nitrogens with zero attached hydrogens (tertiary/aromatic N) is 4. The second-order valence-corrected chi connectivity index (χ2v) is 5.46. The molecule has 1 N–H and O–H groups in total. The summed E-state index contributed by atoms with van der Waals surface area (Å²) >= 11 is 3.30. The van der Waals surface area contributed by atoms with Crippen molar-refractivity contribution >= 4 is 21.8 Å². The van der Waals surface area contributed by atoms with Crippen LogP contribution in [0.25, 0.3) is 5.82 Å². The van der Waals surface area contributed by atoms with Crippen LogP contribution >= 0.6 is 15.9 Å². The lowest BCUT2D eigenvalue weighted by Crippen LogP contribution is -2.23. The van der Waals surface area contributed by atoms with Crippen LogP contribution in [0.5, 0.6) is 0 Å². The summed E-state index contributed by atoms with van der Waals surface area (Å²) in [5.41, 5.74) is 1.45. The van der Waals surface area contributed by atoms with Gasteiger partial charge in [0.2, 0.25) is 0 Å². The molecule has 0 saturated heterocycles. The van der Waals surface area contributed by atoms with Crippen LogP contribution in [0.4, 0.5) is 0 Å². The van der Waals surface area contributed by atoms with Crippen LogP contribution in [-0.4, -0.2) is 25.7 Å². The predicted octanol–water partition coefficient (Wildman–Crippen LogP) is 2.35. The fourth-order valence-electron chi connectivity index (χ4n) is 1.92. The second kappa shape index (κ2) is 6.48. The van der Waals surface area contributed by atoms with E-state index in [4.69, 9.17) is 0 Å². The average molecular weight is 358 g/mol. The highest BCUT2D eigenvalue weighted by molar-refractivity contribution is 9.10. The van der Waals surface area contributed by atoms with Crippen molar-refractivity contribution in [3.05, 3.63) is 70.8 Å². The van der Waals surface area contributed by atoms with Crippen molar-refractivity contribution in [2.45, 2.75) is 6.54 Å². The van der Waals surface area contributed by atoms with Crippen LogP contribution in [0, 0.1) is 0 Å². The zero-order valence-corrected chi connectivity index (χ0v) is 13.1. The number of halogens is 1. The van der Waals surface area contributed by atoms with Crippen LogP contribution in [0.2, 0.25) is 0 Å². The number of pyridine rings is 2. The Morgan fingerprint density at radius 1 is 1.27 bits per heavy atom. The number of carbonyl (C=O) groups excluding carboxylic acids is 1. The highest BCUT2D eigenvalue weighted by Gasteiger charge is 2.07. The Morgan fingerprint density at radius 3 is 2.95 bits per heavy atom. The third-order valence-corrected chi connectivity index (χ3v) is 3.40. The van der Waals surface area contributed by atoms with E-state index >= 15 is 0 Å². The van der Waals surface area contributed by atoms with Gasteiger partial charge in [-0.15, -0.1) is 0 Å². The molecule has 3 aromatic rings. The molecule has 3 aromatic heterocycles. The van der Waals surface area contributed by atoms with Crippen molar-refractivity contribution in [2.24, 2.45) is 0 Å². The van der Waals surface area contributed by atoms with Gasteiger partial charge in [0.05, 0.1) is 5.56 Å². The first kappa shape index (κ1) is 14.4. The van der Waals surface area contributed by atoms with Gasteiger partial charge < -0.3 is 5.32 Å². The minimum Gasteiger partial charge on any atom is -0.348 e. The van der Waals surface area contributed by atoms with Crippen molar-refractivity contribution < 1.29 is 4.79 Å². The molecule has 110 valence electrons. The third-order valence-electron chi connectivity index (χ3n) is 2.97. The van der Waals surface area contributed by atoms with E-state index in [1.54, 1.807) is 29.3 Å². The number of aromatic nitrogens is 4. The number of nitrogens with one attached hydrogen (secondary N) is 1. The molecule has 7 heteroatoms. The van der Waals surface area contributed by atoms with Crippen molar-refractivity contribution in [3.8, 4) is 5.82 Å². The van der Waals surface area contributed by atoms with E-state index in [9.17, 15) is 4.79 Å². The van der Waals surface area contributed by atoms with E-state index in [2.05, 4.69) is 36.3 Å². The molecule has 0 bridgehead atoms. The van der Waals surface area contributed by atoms with Gasteiger partial charge in [-0.1, -0.05) is 0 Å². The molecule has 0 aliphatic carbocycles. The lowest BCUT2D eigenvalue weighted by molar-refractivity contribution is 0.0950. The normalized spacial score (nSPS) is 10.4. The van der Waals surface area contributed by atoms with E-state index in [0.29, 0.717) is 17.9 Å². The molecule has 0 aromatic carbocycles. The standard InChI is InChI=1S/C15H12BrN5O/c16-13-7-12(9-17-10-13)15(22)19-8-11-2-4-18-14(6-11)21-5-1-3-20-21/h1-7,9-10H,8H2,(H,19,22). The highest BCUT2D eigenvalue weighted by Crippen LogP contribution is 2.10. The SMILES string of the molecule is O=C(NCc1ccnc(-n2cccn2)c1)c1cncc(Br)c1. The van der Waals surface area contributed by atoms with Gasteiger partial charge in [0.15, 0.2) is 5.82 Å². The lowest BCUT2D eigenvalue weighted by atomic mass is 10.2. The largest absolute Gasteiger partial charge is 0.348 e. The minimum absolute atomic E-state index is 0.175. The first-order chi connectivity index (χ1) is 10.7. The number of hydrogen-bond acceptors (Lipinski definition) is 4. The van der Waals surface area contributed by atoms with Crippen LogP contribution in [0.15, 0.2) is 59.7 Å². The summed E-state index contributed by atoms with van der Waals surface area (Å²) in [7, 11) is 0. The van der Waals surface area contributed by atoms with Gasteiger partial charge in [-0.2, -0.15) is 5.10 Å². The molecule has 0 aliphatic heterocycles. The molecule has 1 amide bonds. The maximum Gasteiger partial charge on any atom is 0.253 e. The predicted molar refractivity (Wildman–Crippen MR) is 84.5 cm³/mol. The van der Waals surface area contributed by atoms with Gasteiger partial charge in [-0.05, 0) is 45.8 Å². The summed E-state index contributed by atoms with van der Waals surface area (Å²) < 4.78 is 2.44. The minimum atomic E-state index is -0.175. The molecular formula is C15H12BrN5O. The smallest absolute Gasteiger partial charge is 0.253 e. The lowest BCUT2D eigenvalue weighted by Gasteiger charge is -2.07. The Labute approximate surface area is 135 Å². The van der Waals surface area contributed by atoms with Gasteiger partial charge in [0, 0.05) is 42.0 Å². The fourth-order valence-corrected chi connectivity index (χ4v) is 2.29. The van der Waals surface area contributed by atoms with E-state index in [0.717, 1.165) is 10.0 Å². The molecule has 0 unspecified atom stereocenters. The fraction of sp³-hybridized carbons (Fsp3) is 0.0667. The zero-order valence-electron chi connectivity index (χ0n) is 11.5. The number of carbonyl (C=O) groups is 1. The maximum absolute atomic E-state index is 12.1. The summed E-state index contributed by atoms with van der Waals surface area (Å²) in [6.45, 7) is 0.405. The van der Waals surface area contributed by atoms with Gasteiger partial charge in [0.25, 0.3) is 5.91 Å². The van der Waals surface area contributed by atoms with Crippen molar-refractivity contribution in [3.63, 3.8) is 0 Å². The van der Waals surface area contributed by atoms with Crippen LogP contribution in [-0.2, 0) is 6.54 Å². The molecule has 0 radical (unpaired) electrons. The third kappa shape index (κ3) is 3.37. The Bertz CT molecular complexity index is 788. The molecule has 6 nitrogen and oxygen atoms in total. The summed E-state index contributed by atoms with van der Waals surface area (Å²) in [6, 6.07) is 7.29. The number of rotatable bonds is 4. The summed E-state index contributed by atoms with van der Waals surface area (Å²) in [5, 5.41) is 6.99. The number of hydrogen-bond donors (Lipinski definition) is 1. The molecule has 0 fully saturated rings. The van der Waals surface area contributed by atoms with Crippen LogP contribution < -0.4 is 5.32 Å². The van der Waals surface area contributed by atoms with E-state index < -0.39 is 0 Å². The second-order valence-electron chi connectivity index (χ2n) is 4.55. The van der Waals surface area contributed by atoms with Gasteiger partial charge in [-0.3, -0.25) is 9.78 Å². The molecule has 0 aliphatic rings. The highest BCUT2D eigenvalue weighted by atomic mass is 79.9. The molecule has 22 heavy (non-hydrogen) atoms. The molecule has 3 heterocycles. The Balaban J connectivity index is 1.69. The van der Waals surface area contributed by atoms with Crippen LogP contribution in [0.1, 0.15) is 15.9 Å². The van der Waals surface area contributed by atoms with Crippen molar-refractivity contribution in [2.75, 3.05) is 0 Å². The van der Waals surface area contributed by atoms with E-state index in [1.807, 2.05) is 24.4 Å². The van der Waals surface area contributed by atoms with Crippen molar-refractivity contribution in [1.29, 1.82) is 0 Å². The first-order valence-corrected chi connectivity index (χ1v) is 7.35. The van der Waals surface area contributed by atoms with Crippen LogP contribution in [0.3, 0.4) is 0 Å². The van der Waals surface area contributed by atoms with E-state index in [-0.39, 0.29) is 5.91 Å². The number of amides is 1. The van der Waals surface area contributed by atoms with Gasteiger partial charge >= 0.3 is 0 Å². The Morgan fingerprint density at radius 2 is 2.18 bits per heavy atom. The van der Waals surface area contributed by atoms with Gasteiger partial charge in [0.1, 0.15) is 0 Å². The maximum atomic E-state index is 12.1. The molecule has 0 saturated carbocycles.